The van der Waals surface area contributed by atoms with E-state index in [-0.39, 0.29) is 0 Å². The molecule has 6 N–H and O–H groups in total. The van der Waals surface area contributed by atoms with Gasteiger partial charge in [-0.05, 0) is 6.26 Å². The predicted octanol–water partition coefficient (Wildman–Crippen LogP) is -3.39. The van der Waals surface area contributed by atoms with Crippen LogP contribution in [0.1, 0.15) is 0 Å². The Labute approximate surface area is 131 Å². The van der Waals surface area contributed by atoms with E-state index in [4.69, 9.17) is 14.2 Å². The molecule has 0 aromatic heterocycles. The quantitative estimate of drug-likeness (QED) is 0.299. The first-order valence-corrected chi connectivity index (χ1v) is 8.26. The van der Waals surface area contributed by atoms with Crippen molar-refractivity contribution in [2.45, 2.75) is 55.3 Å². The lowest BCUT2D eigenvalue weighted by atomic mass is 9.99. The molecule has 0 radical (unpaired) electrons. The van der Waals surface area contributed by atoms with E-state index >= 15 is 0 Å². The van der Waals surface area contributed by atoms with Crippen molar-refractivity contribution >= 4 is 11.8 Å². The number of ether oxygens (including phenoxy) is 3. The maximum absolute atomic E-state index is 9.96. The molecule has 0 unspecified atom stereocenters. The van der Waals surface area contributed by atoms with Crippen LogP contribution in [0.2, 0.25) is 0 Å². The summed E-state index contributed by atoms with van der Waals surface area (Å²) in [5.74, 6) is 0.437. The minimum absolute atomic E-state index is 0.437. The Morgan fingerprint density at radius 1 is 0.909 bits per heavy atom. The van der Waals surface area contributed by atoms with Gasteiger partial charge in [-0.15, -0.1) is 0 Å². The molecule has 2 rings (SSSR count). The van der Waals surface area contributed by atoms with Gasteiger partial charge in [-0.3, -0.25) is 0 Å². The molecule has 2 aliphatic rings. The first-order valence-electron chi connectivity index (χ1n) is 6.87. The van der Waals surface area contributed by atoms with E-state index in [0.29, 0.717) is 5.75 Å². The normalized spacial score (nSPS) is 49.5. The first-order chi connectivity index (χ1) is 10.4. The summed E-state index contributed by atoms with van der Waals surface area (Å²) in [5.41, 5.74) is 0. The summed E-state index contributed by atoms with van der Waals surface area (Å²) in [6, 6.07) is 0. The second-order valence-electron chi connectivity index (χ2n) is 5.31. The van der Waals surface area contributed by atoms with Crippen LogP contribution in [-0.2, 0) is 14.2 Å². The number of thioether (sulfide) groups is 1. The topological polar surface area (TPSA) is 149 Å². The van der Waals surface area contributed by atoms with Crippen LogP contribution < -0.4 is 0 Å². The maximum Gasteiger partial charge on any atom is 0.187 e. The van der Waals surface area contributed by atoms with Crippen molar-refractivity contribution in [1.82, 2.24) is 0 Å². The van der Waals surface area contributed by atoms with E-state index in [9.17, 15) is 30.6 Å². The van der Waals surface area contributed by atoms with Gasteiger partial charge in [-0.25, -0.2) is 0 Å². The van der Waals surface area contributed by atoms with Crippen LogP contribution in [0.5, 0.6) is 0 Å². The van der Waals surface area contributed by atoms with Gasteiger partial charge in [0.1, 0.15) is 36.6 Å². The molecule has 2 aliphatic heterocycles. The molecule has 0 aliphatic carbocycles. The third kappa shape index (κ3) is 3.56. The molecule has 0 bridgehead atoms. The van der Waals surface area contributed by atoms with E-state index < -0.39 is 61.9 Å². The van der Waals surface area contributed by atoms with Gasteiger partial charge in [0.15, 0.2) is 12.6 Å². The minimum atomic E-state index is -1.66. The molecular weight excluding hydrogens is 320 g/mol. The monoisotopic (exact) mass is 342 g/mol. The Balaban J connectivity index is 2.04. The highest BCUT2D eigenvalue weighted by Crippen LogP contribution is 2.29. The molecule has 0 aromatic rings. The Morgan fingerprint density at radius 3 is 2.18 bits per heavy atom. The lowest BCUT2D eigenvalue weighted by Gasteiger charge is -2.41. The number of rotatable bonds is 5. The molecule has 0 amide bonds. The van der Waals surface area contributed by atoms with Gasteiger partial charge < -0.3 is 44.8 Å². The molecule has 10 heteroatoms. The van der Waals surface area contributed by atoms with Gasteiger partial charge in [-0.2, -0.15) is 11.8 Å². The Hall–Kier alpha value is -0.0100. The van der Waals surface area contributed by atoms with Gasteiger partial charge >= 0.3 is 0 Å². The lowest BCUT2D eigenvalue weighted by Crippen LogP contribution is -2.60. The molecule has 0 saturated carbocycles. The van der Waals surface area contributed by atoms with Crippen molar-refractivity contribution in [2.75, 3.05) is 18.6 Å². The maximum atomic E-state index is 9.96. The zero-order valence-electron chi connectivity index (χ0n) is 11.9. The molecule has 0 aromatic carbocycles. The summed E-state index contributed by atoms with van der Waals surface area (Å²) < 4.78 is 15.7. The van der Waals surface area contributed by atoms with Crippen molar-refractivity contribution in [3.63, 3.8) is 0 Å². The van der Waals surface area contributed by atoms with Crippen LogP contribution in [0.4, 0.5) is 0 Å². The zero-order valence-corrected chi connectivity index (χ0v) is 12.7. The van der Waals surface area contributed by atoms with Gasteiger partial charge in [0, 0.05) is 5.75 Å². The third-order valence-electron chi connectivity index (χ3n) is 3.78. The van der Waals surface area contributed by atoms with Crippen molar-refractivity contribution in [2.24, 2.45) is 0 Å². The van der Waals surface area contributed by atoms with Crippen LogP contribution in [0.25, 0.3) is 0 Å². The highest BCUT2D eigenvalue weighted by molar-refractivity contribution is 7.98. The lowest BCUT2D eigenvalue weighted by molar-refractivity contribution is -0.320. The van der Waals surface area contributed by atoms with Gasteiger partial charge in [-0.1, -0.05) is 0 Å². The van der Waals surface area contributed by atoms with Gasteiger partial charge in [0.05, 0.1) is 12.7 Å². The molecule has 0 spiro atoms. The standard InChI is InChI=1S/C12H22O9S/c1-22-3-5-6(14)9(17)12(20-5)21-10-4(2-13)19-11(18)8(16)7(10)15/h4-18H,2-3H2,1H3/t4-,5-,6+,7-,8+,9-,10-,11+,12-/m1/s1. The van der Waals surface area contributed by atoms with Crippen molar-refractivity contribution in [3.8, 4) is 0 Å². The summed E-state index contributed by atoms with van der Waals surface area (Å²) in [5, 5.41) is 58.0. The summed E-state index contributed by atoms with van der Waals surface area (Å²) in [6.07, 6.45) is -9.73. The second kappa shape index (κ2) is 7.71. The van der Waals surface area contributed by atoms with Crippen molar-refractivity contribution in [1.29, 1.82) is 0 Å². The smallest absolute Gasteiger partial charge is 0.187 e. The SMILES string of the molecule is CSC[C@H]1O[C@H](O[C@H]2[C@H](O)[C@H](O)[C@@H](O)O[C@@H]2CO)[C@H](O)[C@H]1O. The largest absolute Gasteiger partial charge is 0.394 e. The van der Waals surface area contributed by atoms with E-state index in [1.165, 1.54) is 11.8 Å². The fourth-order valence-corrected chi connectivity index (χ4v) is 3.12. The Morgan fingerprint density at radius 2 is 1.59 bits per heavy atom. The fraction of sp³-hybridized carbons (Fsp3) is 1.00. The van der Waals surface area contributed by atoms with Crippen LogP contribution in [-0.4, -0.2) is 105 Å². The number of aliphatic hydroxyl groups excluding tert-OH is 6. The van der Waals surface area contributed by atoms with Crippen LogP contribution >= 0.6 is 11.8 Å². The second-order valence-corrected chi connectivity index (χ2v) is 6.22. The molecular formula is C12H22O9S. The summed E-state index contributed by atoms with van der Waals surface area (Å²) in [4.78, 5) is 0. The molecule has 2 fully saturated rings. The number of hydrogen-bond donors (Lipinski definition) is 6. The van der Waals surface area contributed by atoms with E-state index in [2.05, 4.69) is 0 Å². The van der Waals surface area contributed by atoms with E-state index in [1.807, 2.05) is 6.26 Å². The molecule has 9 nitrogen and oxygen atoms in total. The Kier molecular flexibility index (Phi) is 6.42. The minimum Gasteiger partial charge on any atom is -0.394 e. The fourth-order valence-electron chi connectivity index (χ4n) is 2.52. The Bertz CT molecular complexity index is 357. The third-order valence-corrected chi connectivity index (χ3v) is 4.44. The molecule has 130 valence electrons. The molecule has 2 heterocycles. The van der Waals surface area contributed by atoms with Gasteiger partial charge in [0.2, 0.25) is 0 Å². The number of aliphatic hydroxyl groups is 6. The summed E-state index contributed by atoms with van der Waals surface area (Å²) in [6.45, 7) is -0.578. The van der Waals surface area contributed by atoms with Crippen LogP contribution in [0.3, 0.4) is 0 Å². The van der Waals surface area contributed by atoms with Gasteiger partial charge in [0.25, 0.3) is 0 Å². The highest BCUT2D eigenvalue weighted by atomic mass is 32.2. The molecule has 22 heavy (non-hydrogen) atoms. The number of hydrogen-bond acceptors (Lipinski definition) is 10. The summed E-state index contributed by atoms with van der Waals surface area (Å²) in [7, 11) is 0. The predicted molar refractivity (Wildman–Crippen MR) is 73.9 cm³/mol. The van der Waals surface area contributed by atoms with Crippen molar-refractivity contribution in [3.05, 3.63) is 0 Å². The average molecular weight is 342 g/mol. The van der Waals surface area contributed by atoms with Crippen LogP contribution in [0.15, 0.2) is 0 Å². The van der Waals surface area contributed by atoms with E-state index in [1.54, 1.807) is 0 Å². The average Bonchev–Trinajstić information content (AvgIpc) is 2.76. The first kappa shape index (κ1) is 18.3. The summed E-state index contributed by atoms with van der Waals surface area (Å²) >= 11 is 1.42. The molecule has 9 atom stereocenters. The highest BCUT2D eigenvalue weighted by Gasteiger charge is 2.49. The van der Waals surface area contributed by atoms with E-state index in [0.717, 1.165) is 0 Å². The van der Waals surface area contributed by atoms with Crippen molar-refractivity contribution < 1.29 is 44.8 Å². The van der Waals surface area contributed by atoms with Crippen LogP contribution in [0, 0.1) is 0 Å². The zero-order chi connectivity index (χ0) is 16.4. The molecule has 2 saturated heterocycles.